The summed E-state index contributed by atoms with van der Waals surface area (Å²) in [6, 6.07) is 64.1. The lowest BCUT2D eigenvalue weighted by Gasteiger charge is -2.16. The summed E-state index contributed by atoms with van der Waals surface area (Å²) < 4.78 is 0. The zero-order chi connectivity index (χ0) is 44.1. The van der Waals surface area contributed by atoms with Crippen molar-refractivity contribution in [2.75, 3.05) is 0 Å². The predicted molar refractivity (Wildman–Crippen MR) is 268 cm³/mol. The molecule has 0 unspecified atom stereocenters. The molecule has 0 N–H and O–H groups in total. The SMILES string of the molecule is c1cc(-c2ccncc2)cc(-c2cnc(-c3ccc(-c4ncc(-c5cccc(-c6ccncc6)c5)cc4-c4cccc(-c5ccncc5)c4)cc3)c(-c3cccc(-c4ccncc4)c3)c2)c1. The van der Waals surface area contributed by atoms with Gasteiger partial charge in [-0.25, -0.2) is 0 Å². The molecule has 0 saturated carbocycles. The molecular weight excluding hydrogens is 805 g/mol. The van der Waals surface area contributed by atoms with Crippen LogP contribution in [0.4, 0.5) is 0 Å². The van der Waals surface area contributed by atoms with Crippen molar-refractivity contribution in [2.24, 2.45) is 0 Å². The number of aromatic nitrogens is 6. The fraction of sp³-hybridized carbons (Fsp3) is 0. The van der Waals surface area contributed by atoms with Crippen LogP contribution >= 0.6 is 0 Å². The van der Waals surface area contributed by atoms with Crippen LogP contribution < -0.4 is 0 Å². The second-order valence-electron chi connectivity index (χ2n) is 16.1. The summed E-state index contributed by atoms with van der Waals surface area (Å²) in [7, 11) is 0. The third-order valence-corrected chi connectivity index (χ3v) is 12.0. The number of pyridine rings is 6. The van der Waals surface area contributed by atoms with Crippen molar-refractivity contribution in [2.45, 2.75) is 0 Å². The maximum Gasteiger partial charge on any atom is 0.0780 e. The van der Waals surface area contributed by atoms with E-state index in [1.807, 2.05) is 110 Å². The Hall–Kier alpha value is -9.00. The maximum atomic E-state index is 5.24. The van der Waals surface area contributed by atoms with Crippen LogP contribution in [-0.4, -0.2) is 29.9 Å². The largest absolute Gasteiger partial charge is 0.265 e. The van der Waals surface area contributed by atoms with Crippen LogP contribution in [0.1, 0.15) is 0 Å². The number of rotatable bonds is 10. The van der Waals surface area contributed by atoms with Crippen molar-refractivity contribution < 1.29 is 0 Å². The molecule has 11 aromatic rings. The number of nitrogens with zero attached hydrogens (tertiary/aromatic N) is 6. The summed E-state index contributed by atoms with van der Waals surface area (Å²) in [6.45, 7) is 0. The fourth-order valence-electron chi connectivity index (χ4n) is 8.60. The van der Waals surface area contributed by atoms with E-state index in [0.29, 0.717) is 0 Å². The summed E-state index contributed by atoms with van der Waals surface area (Å²) in [5.74, 6) is 0. The zero-order valence-corrected chi connectivity index (χ0v) is 35.8. The monoisotopic (exact) mass is 844 g/mol. The molecule has 0 aliphatic heterocycles. The molecule has 6 nitrogen and oxygen atoms in total. The predicted octanol–water partition coefficient (Wildman–Crippen LogP) is 14.7. The first-order valence-corrected chi connectivity index (χ1v) is 21.8. The molecule has 0 amide bonds. The standard InChI is InChI=1S/C60H40N6/c1-5-47(41-17-25-61-26-18-41)33-51(9-1)55-37-57(53-11-3-7-49(35-53)43-21-29-63-30-22-43)59(65-39-55)45-13-15-46(16-14-45)60-58(54-12-4-8-50(36-54)44-23-31-64-32-24-44)38-56(40-66-60)52-10-2-6-48(34-52)42-19-27-62-28-20-42/h1-40H. The van der Waals surface area contributed by atoms with Gasteiger partial charge in [-0.05, 0) is 152 Å². The highest BCUT2D eigenvalue weighted by molar-refractivity contribution is 5.90. The van der Waals surface area contributed by atoms with Gasteiger partial charge in [0.25, 0.3) is 0 Å². The molecule has 0 fully saturated rings. The molecule has 6 heteroatoms. The highest BCUT2D eigenvalue weighted by Gasteiger charge is 2.17. The molecule has 0 aliphatic carbocycles. The van der Waals surface area contributed by atoms with Crippen LogP contribution in [0.25, 0.3) is 112 Å². The van der Waals surface area contributed by atoms with Gasteiger partial charge in [0, 0.05) is 95.3 Å². The van der Waals surface area contributed by atoms with Crippen LogP contribution in [0, 0.1) is 0 Å². The fourth-order valence-corrected chi connectivity index (χ4v) is 8.60. The summed E-state index contributed by atoms with van der Waals surface area (Å²) in [6.07, 6.45) is 18.6. The van der Waals surface area contributed by atoms with Gasteiger partial charge in [-0.2, -0.15) is 0 Å². The van der Waals surface area contributed by atoms with E-state index >= 15 is 0 Å². The third kappa shape index (κ3) is 8.30. The first-order chi connectivity index (χ1) is 32.7. The summed E-state index contributed by atoms with van der Waals surface area (Å²) in [5, 5.41) is 0. The first-order valence-electron chi connectivity index (χ1n) is 21.8. The molecule has 0 spiro atoms. The van der Waals surface area contributed by atoms with E-state index in [1.165, 1.54) is 0 Å². The van der Waals surface area contributed by atoms with Crippen LogP contribution in [0.15, 0.2) is 244 Å². The van der Waals surface area contributed by atoms with E-state index in [1.54, 1.807) is 0 Å². The van der Waals surface area contributed by atoms with Crippen LogP contribution in [-0.2, 0) is 0 Å². The van der Waals surface area contributed by atoms with E-state index in [9.17, 15) is 0 Å². The van der Waals surface area contributed by atoms with Gasteiger partial charge < -0.3 is 0 Å². The number of hydrogen-bond donors (Lipinski definition) is 0. The van der Waals surface area contributed by atoms with Crippen molar-refractivity contribution in [3.05, 3.63) is 244 Å². The van der Waals surface area contributed by atoms with Crippen LogP contribution in [0.5, 0.6) is 0 Å². The summed E-state index contributed by atoms with van der Waals surface area (Å²) >= 11 is 0. The summed E-state index contributed by atoms with van der Waals surface area (Å²) in [5.41, 5.74) is 21.2. The van der Waals surface area contributed by atoms with Crippen molar-refractivity contribution in [1.82, 2.24) is 29.9 Å². The second kappa shape index (κ2) is 18.0. The minimum absolute atomic E-state index is 0.894. The Balaban J connectivity index is 1.01. The number of benzene rings is 5. The lowest BCUT2D eigenvalue weighted by molar-refractivity contribution is 1.31. The highest BCUT2D eigenvalue weighted by atomic mass is 14.7. The Kier molecular flexibility index (Phi) is 10.9. The van der Waals surface area contributed by atoms with Crippen molar-refractivity contribution in [1.29, 1.82) is 0 Å². The van der Waals surface area contributed by atoms with Gasteiger partial charge >= 0.3 is 0 Å². The van der Waals surface area contributed by atoms with E-state index in [0.717, 1.165) is 112 Å². The quantitative estimate of drug-likeness (QED) is 0.136. The second-order valence-corrected chi connectivity index (χ2v) is 16.1. The Bertz CT molecular complexity index is 3220. The lowest BCUT2D eigenvalue weighted by atomic mass is 9.91. The first kappa shape index (κ1) is 39.8. The molecule has 6 heterocycles. The average molecular weight is 845 g/mol. The Morgan fingerprint density at radius 3 is 0.758 bits per heavy atom. The van der Waals surface area contributed by atoms with Gasteiger partial charge in [0.1, 0.15) is 0 Å². The Labute approximate surface area is 383 Å². The van der Waals surface area contributed by atoms with Crippen LogP contribution in [0.3, 0.4) is 0 Å². The minimum Gasteiger partial charge on any atom is -0.265 e. The Morgan fingerprint density at radius 1 is 0.197 bits per heavy atom. The number of hydrogen-bond acceptors (Lipinski definition) is 6. The summed E-state index contributed by atoms with van der Waals surface area (Å²) in [4.78, 5) is 27.4. The normalized spacial score (nSPS) is 11.0. The molecule has 310 valence electrons. The third-order valence-electron chi connectivity index (χ3n) is 12.0. The topological polar surface area (TPSA) is 77.3 Å². The molecule has 0 radical (unpaired) electrons. The lowest BCUT2D eigenvalue weighted by Crippen LogP contribution is -1.94. The molecule has 0 atom stereocenters. The van der Waals surface area contributed by atoms with Gasteiger partial charge in [0.05, 0.1) is 11.4 Å². The molecular formula is C60H40N6. The Morgan fingerprint density at radius 2 is 0.455 bits per heavy atom. The van der Waals surface area contributed by atoms with E-state index < -0.39 is 0 Å². The van der Waals surface area contributed by atoms with Gasteiger partial charge in [-0.3, -0.25) is 29.9 Å². The molecule has 0 aliphatic rings. The highest BCUT2D eigenvalue weighted by Crippen LogP contribution is 2.40. The van der Waals surface area contributed by atoms with Gasteiger partial charge in [0.2, 0.25) is 0 Å². The molecule has 0 saturated heterocycles. The van der Waals surface area contributed by atoms with Gasteiger partial charge in [-0.15, -0.1) is 0 Å². The molecule has 11 rings (SSSR count). The molecule has 66 heavy (non-hydrogen) atoms. The van der Waals surface area contributed by atoms with Crippen LogP contribution in [0.2, 0.25) is 0 Å². The van der Waals surface area contributed by atoms with E-state index in [-0.39, 0.29) is 0 Å². The van der Waals surface area contributed by atoms with E-state index in [2.05, 4.69) is 153 Å². The molecule has 0 bridgehead atoms. The average Bonchev–Trinajstić information content (AvgIpc) is 3.42. The van der Waals surface area contributed by atoms with Gasteiger partial charge in [-0.1, -0.05) is 97.1 Å². The molecule has 6 aromatic heterocycles. The van der Waals surface area contributed by atoms with Gasteiger partial charge in [0.15, 0.2) is 0 Å². The minimum atomic E-state index is 0.894. The zero-order valence-electron chi connectivity index (χ0n) is 35.8. The van der Waals surface area contributed by atoms with Crippen molar-refractivity contribution >= 4 is 0 Å². The van der Waals surface area contributed by atoms with Crippen molar-refractivity contribution in [3.63, 3.8) is 0 Å². The van der Waals surface area contributed by atoms with Crippen molar-refractivity contribution in [3.8, 4) is 112 Å². The molecule has 5 aromatic carbocycles. The van der Waals surface area contributed by atoms with E-state index in [4.69, 9.17) is 9.97 Å². The maximum absolute atomic E-state index is 5.24. The smallest absolute Gasteiger partial charge is 0.0780 e.